The smallest absolute Gasteiger partial charge is 0.277 e. The molecular formula is C24H20FN5O. The summed E-state index contributed by atoms with van der Waals surface area (Å²) in [6.45, 7) is 1.92. The van der Waals surface area contributed by atoms with E-state index in [0.717, 1.165) is 27.9 Å². The van der Waals surface area contributed by atoms with Crippen LogP contribution in [0, 0.1) is 12.7 Å². The first-order chi connectivity index (χ1) is 15.1. The molecule has 0 bridgehead atoms. The summed E-state index contributed by atoms with van der Waals surface area (Å²) in [6, 6.07) is 17.8. The lowest BCUT2D eigenvalue weighted by Crippen LogP contribution is -2.18. The zero-order valence-electron chi connectivity index (χ0n) is 16.9. The van der Waals surface area contributed by atoms with Crippen molar-refractivity contribution in [2.24, 2.45) is 0 Å². The van der Waals surface area contributed by atoms with Crippen molar-refractivity contribution in [3.63, 3.8) is 0 Å². The predicted molar refractivity (Wildman–Crippen MR) is 118 cm³/mol. The van der Waals surface area contributed by atoms with E-state index in [9.17, 15) is 9.18 Å². The molecule has 6 nitrogen and oxygen atoms in total. The van der Waals surface area contributed by atoms with Gasteiger partial charge in [0.1, 0.15) is 5.82 Å². The lowest BCUT2D eigenvalue weighted by Gasteiger charge is -2.04. The molecule has 5 aromatic rings. The van der Waals surface area contributed by atoms with Crippen molar-refractivity contribution in [2.45, 2.75) is 19.8 Å². The van der Waals surface area contributed by atoms with Crippen LogP contribution >= 0.6 is 0 Å². The Hall–Kier alpha value is -4.00. The minimum Gasteiger partial charge on any atom is -0.322 e. The molecule has 0 aliphatic carbocycles. The highest BCUT2D eigenvalue weighted by Gasteiger charge is 2.19. The second-order valence-electron chi connectivity index (χ2n) is 7.50. The van der Waals surface area contributed by atoms with E-state index in [2.05, 4.69) is 20.1 Å². The Labute approximate surface area is 177 Å². The molecular weight excluding hydrogens is 393 g/mol. The molecule has 0 spiro atoms. The highest BCUT2D eigenvalue weighted by Crippen LogP contribution is 2.22. The summed E-state index contributed by atoms with van der Waals surface area (Å²) in [4.78, 5) is 25.5. The van der Waals surface area contributed by atoms with Gasteiger partial charge < -0.3 is 4.98 Å². The van der Waals surface area contributed by atoms with E-state index in [1.165, 1.54) is 16.8 Å². The van der Waals surface area contributed by atoms with Crippen LogP contribution < -0.4 is 5.56 Å². The summed E-state index contributed by atoms with van der Waals surface area (Å²) in [5.41, 5.74) is 5.50. The number of benzene rings is 2. The number of aromatic amines is 2. The van der Waals surface area contributed by atoms with Gasteiger partial charge in [0.25, 0.3) is 5.56 Å². The number of H-pyrrole nitrogens is 2. The van der Waals surface area contributed by atoms with Gasteiger partial charge in [-0.2, -0.15) is 4.68 Å². The van der Waals surface area contributed by atoms with E-state index in [0.29, 0.717) is 30.0 Å². The minimum absolute atomic E-state index is 0.170. The van der Waals surface area contributed by atoms with E-state index in [4.69, 9.17) is 0 Å². The molecule has 5 rings (SSSR count). The molecule has 3 heterocycles. The minimum atomic E-state index is -0.274. The van der Waals surface area contributed by atoms with E-state index in [1.54, 1.807) is 18.3 Å². The summed E-state index contributed by atoms with van der Waals surface area (Å²) >= 11 is 0. The zero-order chi connectivity index (χ0) is 21.4. The summed E-state index contributed by atoms with van der Waals surface area (Å²) < 4.78 is 14.7. The van der Waals surface area contributed by atoms with Crippen LogP contribution in [0.5, 0.6) is 0 Å². The molecule has 3 aromatic heterocycles. The fourth-order valence-corrected chi connectivity index (χ4v) is 3.67. The third-order valence-electron chi connectivity index (χ3n) is 5.35. The Balaban J connectivity index is 1.59. The van der Waals surface area contributed by atoms with Crippen molar-refractivity contribution < 1.29 is 4.39 Å². The average Bonchev–Trinajstić information content (AvgIpc) is 3.35. The second-order valence-corrected chi connectivity index (χ2v) is 7.50. The molecule has 0 aliphatic rings. The molecule has 0 amide bonds. The molecule has 0 aliphatic heterocycles. The van der Waals surface area contributed by atoms with Gasteiger partial charge in [0, 0.05) is 23.0 Å². The third-order valence-corrected chi connectivity index (χ3v) is 5.35. The van der Waals surface area contributed by atoms with Gasteiger partial charge in [0.05, 0.1) is 16.7 Å². The van der Waals surface area contributed by atoms with Crippen molar-refractivity contribution in [3.05, 3.63) is 99.9 Å². The Bertz CT molecular complexity index is 1380. The number of hydrogen-bond donors (Lipinski definition) is 2. The van der Waals surface area contributed by atoms with Crippen LogP contribution in [0.4, 0.5) is 4.39 Å². The number of nitrogens with zero attached hydrogens (tertiary/aromatic N) is 3. The molecule has 0 saturated heterocycles. The van der Waals surface area contributed by atoms with Gasteiger partial charge in [-0.3, -0.25) is 14.9 Å². The van der Waals surface area contributed by atoms with Gasteiger partial charge in [-0.25, -0.2) is 9.37 Å². The first-order valence-electron chi connectivity index (χ1n) is 10.0. The van der Waals surface area contributed by atoms with Gasteiger partial charge in [0.15, 0.2) is 0 Å². The largest absolute Gasteiger partial charge is 0.322 e. The Morgan fingerprint density at radius 3 is 2.55 bits per heavy atom. The summed E-state index contributed by atoms with van der Waals surface area (Å²) in [7, 11) is 0. The van der Waals surface area contributed by atoms with Gasteiger partial charge in [-0.05, 0) is 61.7 Å². The average molecular weight is 413 g/mol. The number of rotatable bonds is 5. The zero-order valence-corrected chi connectivity index (χ0v) is 16.9. The number of aryl methyl sites for hydroxylation is 2. The summed E-state index contributed by atoms with van der Waals surface area (Å²) in [5, 5.41) is 3.22. The maximum atomic E-state index is 13.4. The van der Waals surface area contributed by atoms with Crippen LogP contribution in [-0.4, -0.2) is 24.7 Å². The molecule has 0 fully saturated rings. The number of imidazole rings is 1. The predicted octanol–water partition coefficient (Wildman–Crippen LogP) is 4.34. The number of halogens is 1. The fourth-order valence-electron chi connectivity index (χ4n) is 3.67. The molecule has 0 atom stereocenters. The van der Waals surface area contributed by atoms with E-state index >= 15 is 0 Å². The van der Waals surface area contributed by atoms with E-state index < -0.39 is 0 Å². The van der Waals surface area contributed by atoms with E-state index in [1.807, 2.05) is 43.3 Å². The Morgan fingerprint density at radius 1 is 1.00 bits per heavy atom. The number of hydrogen-bond acceptors (Lipinski definition) is 3. The fraction of sp³-hybridized carbons (Fsp3) is 0.125. The molecule has 154 valence electrons. The van der Waals surface area contributed by atoms with Crippen molar-refractivity contribution >= 4 is 11.0 Å². The molecule has 2 aromatic carbocycles. The van der Waals surface area contributed by atoms with Crippen LogP contribution in [0.1, 0.15) is 16.8 Å². The monoisotopic (exact) mass is 413 g/mol. The second kappa shape index (κ2) is 7.68. The normalized spacial score (nSPS) is 11.3. The van der Waals surface area contributed by atoms with Gasteiger partial charge in [0.2, 0.25) is 5.95 Å². The van der Waals surface area contributed by atoms with Crippen molar-refractivity contribution in [1.82, 2.24) is 24.7 Å². The van der Waals surface area contributed by atoms with Crippen LogP contribution in [0.3, 0.4) is 0 Å². The van der Waals surface area contributed by atoms with Gasteiger partial charge >= 0.3 is 0 Å². The first kappa shape index (κ1) is 19.0. The van der Waals surface area contributed by atoms with Gasteiger partial charge in [-0.1, -0.05) is 24.3 Å². The number of para-hydroxylation sites is 2. The van der Waals surface area contributed by atoms with E-state index in [-0.39, 0.29) is 11.4 Å². The third kappa shape index (κ3) is 3.66. The molecule has 0 unspecified atom stereocenters. The van der Waals surface area contributed by atoms with Crippen molar-refractivity contribution in [1.29, 1.82) is 0 Å². The molecule has 31 heavy (non-hydrogen) atoms. The van der Waals surface area contributed by atoms with Crippen LogP contribution in [-0.2, 0) is 12.8 Å². The van der Waals surface area contributed by atoms with Crippen molar-refractivity contribution in [2.75, 3.05) is 0 Å². The lowest BCUT2D eigenvalue weighted by atomic mass is 10.0. The summed E-state index contributed by atoms with van der Waals surface area (Å²) in [5.74, 6) is 0.157. The van der Waals surface area contributed by atoms with Gasteiger partial charge in [-0.15, -0.1) is 0 Å². The Kier molecular flexibility index (Phi) is 4.71. The summed E-state index contributed by atoms with van der Waals surface area (Å²) in [6.07, 6.45) is 2.86. The number of nitrogens with one attached hydrogen (secondary N) is 2. The number of aromatic nitrogens is 5. The SMILES string of the molecule is Cc1ccc(-c2[nH]n(-c3nc4ccccc4[nH]3)c(=O)c2CCc2ccc(F)cc2)cn1. The van der Waals surface area contributed by atoms with Crippen LogP contribution in [0.25, 0.3) is 28.2 Å². The molecule has 0 radical (unpaired) electrons. The highest BCUT2D eigenvalue weighted by atomic mass is 19.1. The number of pyridine rings is 1. The lowest BCUT2D eigenvalue weighted by molar-refractivity contribution is 0.627. The Morgan fingerprint density at radius 2 is 1.81 bits per heavy atom. The topological polar surface area (TPSA) is 79.4 Å². The number of fused-ring (bicyclic) bond motifs is 1. The standard InChI is InChI=1S/C24H20FN5O/c1-15-6-10-17(14-26-15)22-19(13-9-16-7-11-18(25)12-8-16)23(31)30(29-22)24-27-20-4-2-3-5-21(20)28-24/h2-8,10-12,14,29H,9,13H2,1H3,(H,27,28). The maximum absolute atomic E-state index is 13.4. The maximum Gasteiger partial charge on any atom is 0.277 e. The van der Waals surface area contributed by atoms with Crippen LogP contribution in [0.15, 0.2) is 71.7 Å². The molecule has 0 saturated carbocycles. The quantitative estimate of drug-likeness (QED) is 0.450. The highest BCUT2D eigenvalue weighted by molar-refractivity contribution is 5.76. The molecule has 2 N–H and O–H groups in total. The van der Waals surface area contributed by atoms with Crippen LogP contribution in [0.2, 0.25) is 0 Å². The first-order valence-corrected chi connectivity index (χ1v) is 10.0. The van der Waals surface area contributed by atoms with Crippen molar-refractivity contribution in [3.8, 4) is 17.2 Å². The molecule has 7 heteroatoms.